The first kappa shape index (κ1) is 9.46. The summed E-state index contributed by atoms with van der Waals surface area (Å²) >= 11 is 0. The van der Waals surface area contributed by atoms with Crippen LogP contribution in [0.2, 0.25) is 0 Å². The molecule has 3 N–H and O–H groups in total. The van der Waals surface area contributed by atoms with Crippen molar-refractivity contribution in [3.05, 3.63) is 29.8 Å². The third kappa shape index (κ3) is 1.40. The fourth-order valence-electron chi connectivity index (χ4n) is 2.31. The van der Waals surface area contributed by atoms with Gasteiger partial charge in [0.25, 0.3) is 0 Å². The minimum Gasteiger partial charge on any atom is -0.398 e. The molecular formula is C13H15N3. The van der Waals surface area contributed by atoms with E-state index in [-0.39, 0.29) is 0 Å². The maximum Gasteiger partial charge on any atom is 0.131 e. The highest BCUT2D eigenvalue weighted by Crippen LogP contribution is 2.31. The molecule has 0 saturated carbocycles. The second kappa shape index (κ2) is 3.67. The topological polar surface area (TPSA) is 50.9 Å². The summed E-state index contributed by atoms with van der Waals surface area (Å²) in [5.41, 5.74) is 9.30. The van der Waals surface area contributed by atoms with Gasteiger partial charge in [0.1, 0.15) is 5.82 Å². The Morgan fingerprint density at radius 1 is 1.19 bits per heavy atom. The van der Waals surface area contributed by atoms with E-state index in [2.05, 4.69) is 10.3 Å². The van der Waals surface area contributed by atoms with Crippen molar-refractivity contribution in [2.75, 3.05) is 17.6 Å². The van der Waals surface area contributed by atoms with Crippen LogP contribution < -0.4 is 11.1 Å². The van der Waals surface area contributed by atoms with Crippen molar-refractivity contribution in [2.45, 2.75) is 19.3 Å². The Hall–Kier alpha value is -1.77. The number of hydrogen-bond donors (Lipinski definition) is 2. The lowest BCUT2D eigenvalue weighted by atomic mass is 10.0. The summed E-state index contributed by atoms with van der Waals surface area (Å²) in [5, 5.41) is 4.44. The minimum absolute atomic E-state index is 0.898. The van der Waals surface area contributed by atoms with Crippen molar-refractivity contribution in [2.24, 2.45) is 0 Å². The van der Waals surface area contributed by atoms with Crippen LogP contribution in [0.25, 0.3) is 10.9 Å². The van der Waals surface area contributed by atoms with Gasteiger partial charge in [-0.15, -0.1) is 0 Å². The molecule has 0 saturated heterocycles. The molecule has 0 fully saturated rings. The van der Waals surface area contributed by atoms with E-state index in [4.69, 9.17) is 5.73 Å². The number of pyridine rings is 1. The van der Waals surface area contributed by atoms with Crippen LogP contribution in [0.4, 0.5) is 11.5 Å². The molecule has 0 radical (unpaired) electrons. The first-order valence-corrected chi connectivity index (χ1v) is 5.77. The third-order valence-electron chi connectivity index (χ3n) is 3.18. The van der Waals surface area contributed by atoms with Gasteiger partial charge in [0.15, 0.2) is 0 Å². The van der Waals surface area contributed by atoms with Crippen LogP contribution in [0, 0.1) is 0 Å². The molecule has 82 valence electrons. The number of benzene rings is 1. The van der Waals surface area contributed by atoms with Crippen LogP contribution >= 0.6 is 0 Å². The molecule has 0 atom stereocenters. The second-order valence-corrected chi connectivity index (χ2v) is 4.25. The molecule has 3 rings (SSSR count). The van der Waals surface area contributed by atoms with E-state index in [0.29, 0.717) is 0 Å². The Balaban J connectivity index is 2.29. The fourth-order valence-corrected chi connectivity index (χ4v) is 2.31. The van der Waals surface area contributed by atoms with Crippen LogP contribution in [0.3, 0.4) is 0 Å². The summed E-state index contributed by atoms with van der Waals surface area (Å²) < 4.78 is 0. The van der Waals surface area contributed by atoms with Gasteiger partial charge in [-0.25, -0.2) is 4.98 Å². The van der Waals surface area contributed by atoms with Crippen molar-refractivity contribution < 1.29 is 0 Å². The molecule has 3 heteroatoms. The average Bonchev–Trinajstić information content (AvgIpc) is 2.55. The predicted molar refractivity (Wildman–Crippen MR) is 67.6 cm³/mol. The van der Waals surface area contributed by atoms with E-state index in [1.54, 1.807) is 0 Å². The zero-order chi connectivity index (χ0) is 11.0. The number of para-hydroxylation sites is 1. The van der Waals surface area contributed by atoms with Crippen molar-refractivity contribution in [1.29, 1.82) is 0 Å². The van der Waals surface area contributed by atoms with Crippen LogP contribution in [-0.2, 0) is 6.42 Å². The van der Waals surface area contributed by atoms with Crippen molar-refractivity contribution in [3.63, 3.8) is 0 Å². The molecule has 2 aromatic rings. The lowest BCUT2D eigenvalue weighted by molar-refractivity contribution is 0.787. The van der Waals surface area contributed by atoms with Gasteiger partial charge in [-0.05, 0) is 25.3 Å². The first-order valence-electron chi connectivity index (χ1n) is 5.77. The molecule has 1 aliphatic heterocycles. The number of nitrogens with two attached hydrogens (primary N) is 1. The second-order valence-electron chi connectivity index (χ2n) is 4.25. The van der Waals surface area contributed by atoms with Crippen LogP contribution in [-0.4, -0.2) is 11.5 Å². The van der Waals surface area contributed by atoms with E-state index in [1.165, 1.54) is 18.4 Å². The van der Waals surface area contributed by atoms with Gasteiger partial charge < -0.3 is 11.1 Å². The standard InChI is InChI=1S/C13H15N3/c14-12-9-5-1-2-7-11(9)16-13-10(12)6-3-4-8-15-13/h1-2,5,7H,3-4,6,8H2,(H3,14,15,16). The molecule has 1 aromatic carbocycles. The Kier molecular flexibility index (Phi) is 2.17. The molecule has 0 unspecified atom stereocenters. The Morgan fingerprint density at radius 3 is 3.00 bits per heavy atom. The molecule has 0 amide bonds. The highest BCUT2D eigenvalue weighted by molar-refractivity contribution is 5.94. The van der Waals surface area contributed by atoms with Gasteiger partial charge in [-0.3, -0.25) is 0 Å². The Bertz CT molecular complexity index is 534. The summed E-state index contributed by atoms with van der Waals surface area (Å²) in [6.45, 7) is 0.998. The van der Waals surface area contributed by atoms with E-state index in [9.17, 15) is 0 Å². The maximum atomic E-state index is 6.23. The number of aromatic nitrogens is 1. The van der Waals surface area contributed by atoms with E-state index in [1.807, 2.05) is 24.3 Å². The largest absolute Gasteiger partial charge is 0.398 e. The number of rotatable bonds is 0. The van der Waals surface area contributed by atoms with Crippen molar-refractivity contribution in [3.8, 4) is 0 Å². The number of hydrogen-bond acceptors (Lipinski definition) is 3. The number of nitrogens with one attached hydrogen (secondary N) is 1. The van der Waals surface area contributed by atoms with Gasteiger partial charge in [0.05, 0.1) is 5.52 Å². The minimum atomic E-state index is 0.898. The van der Waals surface area contributed by atoms with Crippen molar-refractivity contribution in [1.82, 2.24) is 4.98 Å². The quantitative estimate of drug-likeness (QED) is 0.707. The molecule has 16 heavy (non-hydrogen) atoms. The summed E-state index contributed by atoms with van der Waals surface area (Å²) in [7, 11) is 0. The van der Waals surface area contributed by atoms with Crippen molar-refractivity contribution >= 4 is 22.4 Å². The van der Waals surface area contributed by atoms with E-state index < -0.39 is 0 Å². The lowest BCUT2D eigenvalue weighted by Gasteiger charge is -2.12. The number of anilines is 2. The maximum absolute atomic E-state index is 6.23. The third-order valence-corrected chi connectivity index (χ3v) is 3.18. The van der Waals surface area contributed by atoms with Gasteiger partial charge in [0, 0.05) is 23.2 Å². The molecule has 3 nitrogen and oxygen atoms in total. The monoisotopic (exact) mass is 213 g/mol. The van der Waals surface area contributed by atoms with Gasteiger partial charge in [-0.2, -0.15) is 0 Å². The molecule has 0 spiro atoms. The Morgan fingerprint density at radius 2 is 2.06 bits per heavy atom. The summed E-state index contributed by atoms with van der Waals surface area (Å²) in [6.07, 6.45) is 3.41. The lowest BCUT2D eigenvalue weighted by Crippen LogP contribution is -2.05. The number of nitrogen functional groups attached to an aromatic ring is 1. The molecule has 0 bridgehead atoms. The molecule has 1 aromatic heterocycles. The van der Waals surface area contributed by atoms with Gasteiger partial charge in [-0.1, -0.05) is 18.2 Å². The molecule has 0 aliphatic carbocycles. The van der Waals surface area contributed by atoms with Crippen LogP contribution in [0.5, 0.6) is 0 Å². The number of nitrogens with zero attached hydrogens (tertiary/aromatic N) is 1. The smallest absolute Gasteiger partial charge is 0.131 e. The molecular weight excluding hydrogens is 198 g/mol. The molecule has 1 aliphatic rings. The normalized spacial score (nSPS) is 15.2. The molecule has 2 heterocycles. The highest BCUT2D eigenvalue weighted by atomic mass is 15.0. The van der Waals surface area contributed by atoms with Gasteiger partial charge in [0.2, 0.25) is 0 Å². The Labute approximate surface area is 94.7 Å². The van der Waals surface area contributed by atoms with Crippen LogP contribution in [0.1, 0.15) is 18.4 Å². The SMILES string of the molecule is Nc1c2c(nc3ccccc13)NCCCC2. The number of fused-ring (bicyclic) bond motifs is 2. The summed E-state index contributed by atoms with van der Waals surface area (Å²) in [4.78, 5) is 4.65. The average molecular weight is 213 g/mol. The highest BCUT2D eigenvalue weighted by Gasteiger charge is 2.14. The zero-order valence-corrected chi connectivity index (χ0v) is 9.16. The summed E-state index contributed by atoms with van der Waals surface area (Å²) in [6, 6.07) is 8.07. The fraction of sp³-hybridized carbons (Fsp3) is 0.308. The summed E-state index contributed by atoms with van der Waals surface area (Å²) in [5.74, 6) is 0.980. The predicted octanol–water partition coefficient (Wildman–Crippen LogP) is 2.57. The van der Waals surface area contributed by atoms with E-state index >= 15 is 0 Å². The van der Waals surface area contributed by atoms with E-state index in [0.717, 1.165) is 35.4 Å². The van der Waals surface area contributed by atoms with Gasteiger partial charge >= 0.3 is 0 Å². The zero-order valence-electron chi connectivity index (χ0n) is 9.16. The van der Waals surface area contributed by atoms with Crippen LogP contribution in [0.15, 0.2) is 24.3 Å². The first-order chi connectivity index (χ1) is 7.86.